The van der Waals surface area contributed by atoms with Gasteiger partial charge in [0.1, 0.15) is 0 Å². The summed E-state index contributed by atoms with van der Waals surface area (Å²) in [6.07, 6.45) is 7.05. The van der Waals surface area contributed by atoms with Crippen LogP contribution in [0, 0.1) is 11.8 Å². The smallest absolute Gasteiger partial charge is 0.0637 e. The first-order valence-electron chi connectivity index (χ1n) is 22.1. The summed E-state index contributed by atoms with van der Waals surface area (Å²) in [4.78, 5) is 2.62. The standard InChI is InChI=1S/C59H45N3/c1-38-56-57(60-52-24-14-13-23-51(52)59(38,56)45-36-43(39-15-5-2-6-16-39)35-44(37-45)40-17-7-3-8-18-40)42-25-28-47(29-26-42)62-54-32-31-53-49(33-34-61(53)46-20-9-4-10-21-46)55(54)50-30-27-41-19-11-12-22-48(41)58(50)62/h2-38,54-57,60H,1H3. The van der Waals surface area contributed by atoms with Gasteiger partial charge in [-0.1, -0.05) is 171 Å². The molecule has 2 aliphatic heterocycles. The molecule has 1 N–H and O–H groups in total. The highest BCUT2D eigenvalue weighted by Gasteiger charge is 2.69. The van der Waals surface area contributed by atoms with E-state index in [0.29, 0.717) is 11.8 Å². The van der Waals surface area contributed by atoms with Crippen molar-refractivity contribution in [3.63, 3.8) is 0 Å². The van der Waals surface area contributed by atoms with Crippen molar-refractivity contribution in [2.75, 3.05) is 10.2 Å². The Labute approximate surface area is 363 Å². The van der Waals surface area contributed by atoms with Gasteiger partial charge in [-0.2, -0.15) is 0 Å². The van der Waals surface area contributed by atoms with Crippen LogP contribution in [0.15, 0.2) is 212 Å². The van der Waals surface area contributed by atoms with Gasteiger partial charge in [-0.15, -0.1) is 0 Å². The number of nitrogens with one attached hydrogen (secondary N) is 1. The summed E-state index contributed by atoms with van der Waals surface area (Å²) < 4.78 is 2.34. The topological polar surface area (TPSA) is 20.2 Å². The van der Waals surface area contributed by atoms with Crippen LogP contribution in [-0.4, -0.2) is 10.6 Å². The van der Waals surface area contributed by atoms with Crippen molar-refractivity contribution >= 4 is 33.9 Å². The molecule has 0 radical (unpaired) electrons. The lowest BCUT2D eigenvalue weighted by molar-refractivity contribution is 0.577. The SMILES string of the molecule is CC1C2C(c3ccc(N4c5c(ccc6ccccc56)C5c6ccn(-c7ccccc7)c6C=CC54)cc3)Nc3ccccc3C12c1cc(-c2ccccc2)cc(-c2ccccc2)c1. The van der Waals surface area contributed by atoms with Gasteiger partial charge in [-0.25, -0.2) is 0 Å². The Morgan fingerprint density at radius 3 is 1.95 bits per heavy atom. The van der Waals surface area contributed by atoms with Crippen molar-refractivity contribution in [3.8, 4) is 27.9 Å². The van der Waals surface area contributed by atoms with Crippen LogP contribution in [-0.2, 0) is 5.41 Å². The molecule has 6 atom stereocenters. The summed E-state index contributed by atoms with van der Waals surface area (Å²) in [6.45, 7) is 2.48. The first kappa shape index (κ1) is 35.4. The molecule has 3 heterocycles. The second-order valence-corrected chi connectivity index (χ2v) is 17.8. The third kappa shape index (κ3) is 5.12. The fourth-order valence-electron chi connectivity index (χ4n) is 12.0. The third-order valence-corrected chi connectivity index (χ3v) is 14.8. The molecule has 4 aliphatic rings. The van der Waals surface area contributed by atoms with E-state index in [-0.39, 0.29) is 23.4 Å². The molecule has 13 rings (SSSR count). The molecule has 62 heavy (non-hydrogen) atoms. The molecular formula is C59H45N3. The largest absolute Gasteiger partial charge is 0.378 e. The van der Waals surface area contributed by atoms with Gasteiger partial charge in [-0.05, 0) is 110 Å². The lowest BCUT2D eigenvalue weighted by Gasteiger charge is -2.35. The predicted molar refractivity (Wildman–Crippen MR) is 257 cm³/mol. The Hall–Kier alpha value is -7.36. The molecule has 1 aromatic heterocycles. The molecule has 0 spiro atoms. The first-order valence-corrected chi connectivity index (χ1v) is 22.1. The van der Waals surface area contributed by atoms with E-state index in [9.17, 15) is 0 Å². The van der Waals surface area contributed by atoms with Crippen LogP contribution in [0.2, 0.25) is 0 Å². The van der Waals surface area contributed by atoms with E-state index < -0.39 is 0 Å². The Morgan fingerprint density at radius 2 is 1.21 bits per heavy atom. The Kier molecular flexibility index (Phi) is 7.75. The summed E-state index contributed by atoms with van der Waals surface area (Å²) in [5.41, 5.74) is 18.1. The minimum absolute atomic E-state index is 0.125. The van der Waals surface area contributed by atoms with Crippen molar-refractivity contribution in [1.29, 1.82) is 0 Å². The van der Waals surface area contributed by atoms with E-state index in [4.69, 9.17) is 0 Å². The summed E-state index contributed by atoms with van der Waals surface area (Å²) in [6, 6.07) is 74.8. The highest BCUT2D eigenvalue weighted by atomic mass is 15.2. The van der Waals surface area contributed by atoms with Gasteiger partial charge in [0.2, 0.25) is 0 Å². The van der Waals surface area contributed by atoms with Crippen LogP contribution in [0.5, 0.6) is 0 Å². The molecule has 1 fully saturated rings. The highest BCUT2D eigenvalue weighted by molar-refractivity contribution is 6.01. The monoisotopic (exact) mass is 795 g/mol. The van der Waals surface area contributed by atoms with E-state index in [2.05, 4.69) is 240 Å². The quantitative estimate of drug-likeness (QED) is 0.181. The van der Waals surface area contributed by atoms with E-state index in [1.165, 1.54) is 89.3 Å². The summed E-state index contributed by atoms with van der Waals surface area (Å²) in [5.74, 6) is 1.03. The number of aromatic nitrogens is 1. The molecule has 1 saturated carbocycles. The zero-order valence-electron chi connectivity index (χ0n) is 34.6. The van der Waals surface area contributed by atoms with E-state index in [1.54, 1.807) is 0 Å². The zero-order chi connectivity index (χ0) is 40.9. The maximum Gasteiger partial charge on any atom is 0.0637 e. The van der Waals surface area contributed by atoms with Gasteiger partial charge >= 0.3 is 0 Å². The van der Waals surface area contributed by atoms with Crippen LogP contribution >= 0.6 is 0 Å². The summed E-state index contributed by atoms with van der Waals surface area (Å²) in [5, 5.41) is 6.67. The molecule has 6 unspecified atom stereocenters. The van der Waals surface area contributed by atoms with Crippen molar-refractivity contribution in [2.24, 2.45) is 11.8 Å². The predicted octanol–water partition coefficient (Wildman–Crippen LogP) is 14.4. The molecule has 0 bridgehead atoms. The Bertz CT molecular complexity index is 3140. The maximum atomic E-state index is 4.10. The molecule has 296 valence electrons. The average Bonchev–Trinajstić information content (AvgIpc) is 3.58. The average molecular weight is 796 g/mol. The van der Waals surface area contributed by atoms with Crippen LogP contribution in [0.4, 0.5) is 17.1 Å². The molecule has 9 aromatic rings. The number of rotatable bonds is 6. The van der Waals surface area contributed by atoms with E-state index >= 15 is 0 Å². The fourth-order valence-corrected chi connectivity index (χ4v) is 12.0. The molecular weight excluding hydrogens is 751 g/mol. The van der Waals surface area contributed by atoms with Crippen molar-refractivity contribution < 1.29 is 0 Å². The van der Waals surface area contributed by atoms with Crippen molar-refractivity contribution in [2.45, 2.75) is 30.3 Å². The Balaban J connectivity index is 0.912. The second kappa shape index (κ2) is 13.6. The van der Waals surface area contributed by atoms with Crippen LogP contribution < -0.4 is 10.2 Å². The normalized spacial score (nSPS) is 22.5. The van der Waals surface area contributed by atoms with E-state index in [0.717, 1.165) is 0 Å². The second-order valence-electron chi connectivity index (χ2n) is 17.8. The molecule has 8 aromatic carbocycles. The molecule has 2 aliphatic carbocycles. The molecule has 0 saturated heterocycles. The zero-order valence-corrected chi connectivity index (χ0v) is 34.6. The van der Waals surface area contributed by atoms with Gasteiger partial charge in [0.15, 0.2) is 0 Å². The maximum absolute atomic E-state index is 4.10. The lowest BCUT2D eigenvalue weighted by Crippen LogP contribution is -2.31. The Morgan fingerprint density at radius 1 is 0.548 bits per heavy atom. The van der Waals surface area contributed by atoms with Gasteiger partial charge in [0, 0.05) is 51.6 Å². The molecule has 0 amide bonds. The number of para-hydroxylation sites is 2. The van der Waals surface area contributed by atoms with Crippen LogP contribution in [0.25, 0.3) is 44.8 Å². The van der Waals surface area contributed by atoms with Crippen LogP contribution in [0.3, 0.4) is 0 Å². The highest BCUT2D eigenvalue weighted by Crippen LogP contribution is 2.72. The number of anilines is 3. The lowest BCUT2D eigenvalue weighted by atomic mass is 9.77. The van der Waals surface area contributed by atoms with E-state index in [1.807, 2.05) is 0 Å². The number of hydrogen-bond donors (Lipinski definition) is 1. The van der Waals surface area contributed by atoms with Gasteiger partial charge in [-0.3, -0.25) is 0 Å². The molecule has 3 nitrogen and oxygen atoms in total. The van der Waals surface area contributed by atoms with Crippen molar-refractivity contribution in [1.82, 2.24) is 4.57 Å². The number of benzene rings is 8. The van der Waals surface area contributed by atoms with Gasteiger partial charge < -0.3 is 14.8 Å². The fraction of sp³-hybridized carbons (Fsp3) is 0.119. The van der Waals surface area contributed by atoms with Gasteiger partial charge in [0.05, 0.1) is 17.8 Å². The number of nitrogens with zero attached hydrogens (tertiary/aromatic N) is 2. The minimum atomic E-state index is -0.125. The van der Waals surface area contributed by atoms with Crippen LogP contribution in [0.1, 0.15) is 52.4 Å². The van der Waals surface area contributed by atoms with Crippen molar-refractivity contribution in [3.05, 3.63) is 246 Å². The molecule has 3 heteroatoms. The van der Waals surface area contributed by atoms with Gasteiger partial charge in [0.25, 0.3) is 0 Å². The minimum Gasteiger partial charge on any atom is -0.378 e. The number of fused-ring (bicyclic) bond motifs is 10. The number of hydrogen-bond acceptors (Lipinski definition) is 2. The summed E-state index contributed by atoms with van der Waals surface area (Å²) >= 11 is 0. The third-order valence-electron chi connectivity index (χ3n) is 14.8. The summed E-state index contributed by atoms with van der Waals surface area (Å²) in [7, 11) is 0. The first-order chi connectivity index (χ1) is 30.7.